The molecule has 0 spiro atoms. The predicted octanol–water partition coefficient (Wildman–Crippen LogP) is 4.62. The van der Waals surface area contributed by atoms with Crippen molar-refractivity contribution in [2.75, 3.05) is 0 Å². The van der Waals surface area contributed by atoms with Crippen LogP contribution in [-0.4, -0.2) is 16.7 Å². The van der Waals surface area contributed by atoms with Gasteiger partial charge in [-0.2, -0.15) is 0 Å². The van der Waals surface area contributed by atoms with E-state index < -0.39 is 17.7 Å². The molecule has 0 aliphatic rings. The SMILES string of the molecule is CC(C)(C)OC(=O)c1ccc(Cl)c(C(O)c2ccoc2)c1Cl. The number of halogens is 2. The third-order valence-corrected chi connectivity index (χ3v) is 3.61. The lowest BCUT2D eigenvalue weighted by Crippen LogP contribution is -2.24. The first-order chi connectivity index (χ1) is 10.2. The number of hydrogen-bond acceptors (Lipinski definition) is 4. The molecule has 0 fully saturated rings. The van der Waals surface area contributed by atoms with Gasteiger partial charge in [-0.25, -0.2) is 4.79 Å². The van der Waals surface area contributed by atoms with Gasteiger partial charge in [0.15, 0.2) is 0 Å². The van der Waals surface area contributed by atoms with Gasteiger partial charge in [0.05, 0.1) is 23.1 Å². The molecule has 1 aromatic carbocycles. The van der Waals surface area contributed by atoms with Crippen molar-refractivity contribution < 1.29 is 19.1 Å². The van der Waals surface area contributed by atoms with Crippen molar-refractivity contribution in [2.24, 2.45) is 0 Å². The molecule has 1 N–H and O–H groups in total. The fraction of sp³-hybridized carbons (Fsp3) is 0.312. The van der Waals surface area contributed by atoms with E-state index in [-0.39, 0.29) is 21.2 Å². The van der Waals surface area contributed by atoms with Crippen molar-refractivity contribution in [3.8, 4) is 0 Å². The summed E-state index contributed by atoms with van der Waals surface area (Å²) in [7, 11) is 0. The van der Waals surface area contributed by atoms with Crippen molar-refractivity contribution in [1.29, 1.82) is 0 Å². The van der Waals surface area contributed by atoms with Crippen LogP contribution in [0.2, 0.25) is 10.0 Å². The molecular formula is C16H16Cl2O4. The van der Waals surface area contributed by atoms with Gasteiger partial charge in [-0.3, -0.25) is 0 Å². The molecule has 0 aliphatic heterocycles. The Hall–Kier alpha value is -1.49. The minimum Gasteiger partial charge on any atom is -0.472 e. The maximum atomic E-state index is 12.2. The second-order valence-corrected chi connectivity index (χ2v) is 6.57. The lowest BCUT2D eigenvalue weighted by atomic mass is 10.0. The van der Waals surface area contributed by atoms with Crippen molar-refractivity contribution >= 4 is 29.2 Å². The highest BCUT2D eigenvalue weighted by molar-refractivity contribution is 6.38. The van der Waals surface area contributed by atoms with E-state index in [9.17, 15) is 9.90 Å². The standard InChI is InChI=1S/C16H16Cl2O4/c1-16(2,3)22-15(20)10-4-5-11(17)12(13(10)18)14(19)9-6-7-21-8-9/h4-8,14,19H,1-3H3. The average Bonchev–Trinajstić information content (AvgIpc) is 2.90. The first-order valence-corrected chi connectivity index (χ1v) is 7.37. The van der Waals surface area contributed by atoms with Crippen molar-refractivity contribution in [3.05, 3.63) is 57.5 Å². The van der Waals surface area contributed by atoms with E-state index in [4.69, 9.17) is 32.4 Å². The monoisotopic (exact) mass is 342 g/mol. The first kappa shape index (κ1) is 16.9. The molecule has 1 aromatic heterocycles. The normalized spacial score (nSPS) is 13.0. The molecule has 118 valence electrons. The Morgan fingerprint density at radius 3 is 2.50 bits per heavy atom. The smallest absolute Gasteiger partial charge is 0.340 e. The molecule has 22 heavy (non-hydrogen) atoms. The van der Waals surface area contributed by atoms with Gasteiger partial charge in [-0.1, -0.05) is 23.2 Å². The molecule has 1 heterocycles. The van der Waals surface area contributed by atoms with Gasteiger partial charge in [0, 0.05) is 16.1 Å². The van der Waals surface area contributed by atoms with E-state index >= 15 is 0 Å². The number of aliphatic hydroxyl groups is 1. The Bertz CT molecular complexity index is 672. The summed E-state index contributed by atoms with van der Waals surface area (Å²) in [5.41, 5.74) is 0.236. The van der Waals surface area contributed by atoms with Gasteiger partial charge in [0.25, 0.3) is 0 Å². The predicted molar refractivity (Wildman–Crippen MR) is 84.4 cm³/mol. The summed E-state index contributed by atoms with van der Waals surface area (Å²) in [6, 6.07) is 4.58. The fourth-order valence-corrected chi connectivity index (χ4v) is 2.56. The molecule has 0 radical (unpaired) electrons. The van der Waals surface area contributed by atoms with E-state index in [0.29, 0.717) is 5.56 Å². The quantitative estimate of drug-likeness (QED) is 0.826. The third-order valence-electron chi connectivity index (χ3n) is 2.88. The van der Waals surface area contributed by atoms with Gasteiger partial charge in [-0.15, -0.1) is 0 Å². The molecule has 1 atom stereocenters. The molecule has 0 aliphatic carbocycles. The Morgan fingerprint density at radius 2 is 1.95 bits per heavy atom. The van der Waals surface area contributed by atoms with Crippen LogP contribution >= 0.6 is 23.2 Å². The van der Waals surface area contributed by atoms with Crippen LogP contribution in [0.4, 0.5) is 0 Å². The fourth-order valence-electron chi connectivity index (χ4n) is 1.91. The number of ether oxygens (including phenoxy) is 1. The molecular weight excluding hydrogens is 327 g/mol. The van der Waals surface area contributed by atoms with E-state index in [1.807, 2.05) is 0 Å². The van der Waals surface area contributed by atoms with Crippen LogP contribution in [0.15, 0.2) is 35.1 Å². The van der Waals surface area contributed by atoms with Crippen LogP contribution in [0.5, 0.6) is 0 Å². The molecule has 2 aromatic rings. The highest BCUT2D eigenvalue weighted by Gasteiger charge is 2.26. The molecule has 0 bridgehead atoms. The number of esters is 1. The van der Waals surface area contributed by atoms with Crippen LogP contribution < -0.4 is 0 Å². The van der Waals surface area contributed by atoms with E-state index in [0.717, 1.165) is 0 Å². The summed E-state index contributed by atoms with van der Waals surface area (Å²) >= 11 is 12.4. The zero-order chi connectivity index (χ0) is 16.5. The zero-order valence-corrected chi connectivity index (χ0v) is 13.9. The number of aliphatic hydroxyl groups excluding tert-OH is 1. The number of carbonyl (C=O) groups is 1. The zero-order valence-electron chi connectivity index (χ0n) is 12.4. The van der Waals surface area contributed by atoms with Crippen LogP contribution in [0.25, 0.3) is 0 Å². The van der Waals surface area contributed by atoms with Gasteiger partial charge in [0.1, 0.15) is 11.7 Å². The van der Waals surface area contributed by atoms with Crippen molar-refractivity contribution in [3.63, 3.8) is 0 Å². The third kappa shape index (κ3) is 3.64. The summed E-state index contributed by atoms with van der Waals surface area (Å²) in [6.45, 7) is 5.28. The number of hydrogen-bond donors (Lipinski definition) is 1. The molecule has 2 rings (SSSR count). The highest BCUT2D eigenvalue weighted by atomic mass is 35.5. The molecule has 0 saturated carbocycles. The van der Waals surface area contributed by atoms with Gasteiger partial charge < -0.3 is 14.3 Å². The van der Waals surface area contributed by atoms with Crippen molar-refractivity contribution in [1.82, 2.24) is 0 Å². The summed E-state index contributed by atoms with van der Waals surface area (Å²) < 4.78 is 10.2. The summed E-state index contributed by atoms with van der Waals surface area (Å²) in [5, 5.41) is 10.7. The Balaban J connectivity index is 2.44. The topological polar surface area (TPSA) is 59.7 Å². The average molecular weight is 343 g/mol. The van der Waals surface area contributed by atoms with Crippen LogP contribution in [0.1, 0.15) is 48.4 Å². The molecule has 0 saturated heterocycles. The van der Waals surface area contributed by atoms with Crippen LogP contribution in [-0.2, 0) is 4.74 Å². The van der Waals surface area contributed by atoms with Crippen LogP contribution in [0.3, 0.4) is 0 Å². The maximum Gasteiger partial charge on any atom is 0.340 e. The van der Waals surface area contributed by atoms with E-state index in [1.165, 1.54) is 24.7 Å². The summed E-state index contributed by atoms with van der Waals surface area (Å²) in [4.78, 5) is 12.2. The minimum absolute atomic E-state index is 0.0652. The summed E-state index contributed by atoms with van der Waals surface area (Å²) in [6.07, 6.45) is 1.72. The number of rotatable bonds is 3. The largest absolute Gasteiger partial charge is 0.472 e. The summed E-state index contributed by atoms with van der Waals surface area (Å²) in [5.74, 6) is -0.574. The van der Waals surface area contributed by atoms with Gasteiger partial charge in [-0.05, 0) is 39.0 Å². The van der Waals surface area contributed by atoms with Gasteiger partial charge in [0.2, 0.25) is 0 Å². The lowest BCUT2D eigenvalue weighted by molar-refractivity contribution is 0.00696. The van der Waals surface area contributed by atoms with E-state index in [1.54, 1.807) is 26.8 Å². The lowest BCUT2D eigenvalue weighted by Gasteiger charge is -2.21. The number of furan rings is 1. The second kappa shape index (κ2) is 6.32. The first-order valence-electron chi connectivity index (χ1n) is 6.62. The number of carbonyl (C=O) groups excluding carboxylic acids is 1. The molecule has 1 unspecified atom stereocenters. The van der Waals surface area contributed by atoms with Crippen molar-refractivity contribution in [2.45, 2.75) is 32.5 Å². The minimum atomic E-state index is -1.10. The molecule has 4 nitrogen and oxygen atoms in total. The number of benzene rings is 1. The molecule has 0 amide bonds. The Morgan fingerprint density at radius 1 is 1.27 bits per heavy atom. The molecule has 6 heteroatoms. The highest BCUT2D eigenvalue weighted by Crippen LogP contribution is 2.37. The Kier molecular flexibility index (Phi) is 4.85. The second-order valence-electron chi connectivity index (χ2n) is 5.78. The maximum absolute atomic E-state index is 12.2. The van der Waals surface area contributed by atoms with Crippen LogP contribution in [0, 0.1) is 0 Å². The van der Waals surface area contributed by atoms with E-state index in [2.05, 4.69) is 0 Å². The Labute approximate surface area is 138 Å². The van der Waals surface area contributed by atoms with Gasteiger partial charge >= 0.3 is 5.97 Å².